The minimum atomic E-state index is -0.126. The highest BCUT2D eigenvalue weighted by molar-refractivity contribution is 8.21. The van der Waals surface area contributed by atoms with E-state index in [1.165, 1.54) is 0 Å². The van der Waals surface area contributed by atoms with E-state index in [0.29, 0.717) is 0 Å². The van der Waals surface area contributed by atoms with Gasteiger partial charge in [-0.3, -0.25) is 4.79 Å². The van der Waals surface area contributed by atoms with Gasteiger partial charge in [0.05, 0.1) is 6.61 Å². The van der Waals surface area contributed by atoms with E-state index in [9.17, 15) is 4.79 Å². The van der Waals surface area contributed by atoms with E-state index in [0.717, 1.165) is 11.5 Å². The van der Waals surface area contributed by atoms with E-state index in [4.69, 9.17) is 5.11 Å². The maximum absolute atomic E-state index is 11.4. The predicted octanol–water partition coefficient (Wildman–Crippen LogP) is 0.290. The lowest BCUT2D eigenvalue weighted by Crippen LogP contribution is -2.38. The highest BCUT2D eigenvalue weighted by atomic mass is 32.2. The van der Waals surface area contributed by atoms with Gasteiger partial charge in [0.15, 0.2) is 0 Å². The number of hydrogen-bond acceptors (Lipinski definition) is 4. The molecule has 3 nitrogen and oxygen atoms in total. The molecule has 1 aliphatic heterocycles. The third kappa shape index (κ3) is 2.88. The summed E-state index contributed by atoms with van der Waals surface area (Å²) in [5, 5.41) is 11.4. The number of nitrogens with one attached hydrogen (secondary N) is 1. The number of hydrogen-bond donors (Lipinski definition) is 2. The van der Waals surface area contributed by atoms with Gasteiger partial charge in [-0.1, -0.05) is 0 Å². The minimum absolute atomic E-state index is 0.00773. The Hall–Kier alpha value is 0.130. The molecule has 1 amide bonds. The fraction of sp³-hybridized carbons (Fsp3) is 0.857. The van der Waals surface area contributed by atoms with Crippen molar-refractivity contribution < 1.29 is 9.90 Å². The molecule has 1 saturated heterocycles. The highest BCUT2D eigenvalue weighted by Crippen LogP contribution is 2.31. The van der Waals surface area contributed by atoms with E-state index in [1.54, 1.807) is 30.4 Å². The number of aliphatic hydroxyl groups is 1. The van der Waals surface area contributed by atoms with Crippen molar-refractivity contribution in [1.82, 2.24) is 5.32 Å². The first-order valence-corrected chi connectivity index (χ1v) is 5.98. The summed E-state index contributed by atoms with van der Waals surface area (Å²) in [6, 6.07) is -0.126. The van der Waals surface area contributed by atoms with Crippen LogP contribution in [0.1, 0.15) is 6.92 Å². The molecular weight excluding hydrogens is 194 g/mol. The number of amides is 1. The normalized spacial score (nSPS) is 20.8. The van der Waals surface area contributed by atoms with Crippen molar-refractivity contribution in [2.45, 2.75) is 17.5 Å². The van der Waals surface area contributed by atoms with Crippen LogP contribution < -0.4 is 5.32 Å². The SMILES string of the molecule is C[C@@H](CO)NC(=O)C1SCCS1. The second kappa shape index (κ2) is 4.99. The van der Waals surface area contributed by atoms with Crippen LogP contribution in [0.4, 0.5) is 0 Å². The molecule has 70 valence electrons. The Morgan fingerprint density at radius 1 is 1.67 bits per heavy atom. The molecule has 0 aromatic heterocycles. The number of aliphatic hydroxyl groups excluding tert-OH is 1. The van der Waals surface area contributed by atoms with E-state index in [-0.39, 0.29) is 23.1 Å². The van der Waals surface area contributed by atoms with Crippen molar-refractivity contribution in [1.29, 1.82) is 0 Å². The lowest BCUT2D eigenvalue weighted by atomic mass is 10.4. The van der Waals surface area contributed by atoms with Crippen LogP contribution in [0.2, 0.25) is 0 Å². The molecule has 1 fully saturated rings. The zero-order valence-electron chi connectivity index (χ0n) is 6.95. The average Bonchev–Trinajstić information content (AvgIpc) is 2.56. The minimum Gasteiger partial charge on any atom is -0.394 e. The average molecular weight is 207 g/mol. The predicted molar refractivity (Wildman–Crippen MR) is 53.4 cm³/mol. The molecule has 0 aliphatic carbocycles. The summed E-state index contributed by atoms with van der Waals surface area (Å²) in [6.45, 7) is 1.80. The van der Waals surface area contributed by atoms with Gasteiger partial charge in [0.2, 0.25) is 5.91 Å². The summed E-state index contributed by atoms with van der Waals surface area (Å²) in [7, 11) is 0. The van der Waals surface area contributed by atoms with Crippen LogP contribution in [-0.2, 0) is 4.79 Å². The molecule has 0 spiro atoms. The molecule has 0 bridgehead atoms. The summed E-state index contributed by atoms with van der Waals surface area (Å²) in [5.74, 6) is 2.15. The topological polar surface area (TPSA) is 49.3 Å². The standard InChI is InChI=1S/C7H13NO2S2/c1-5(4-9)8-6(10)7-11-2-3-12-7/h5,7,9H,2-4H2,1H3,(H,8,10)/t5-/m0/s1. The Kier molecular flexibility index (Phi) is 4.25. The first-order chi connectivity index (χ1) is 5.74. The zero-order chi connectivity index (χ0) is 8.97. The lowest BCUT2D eigenvalue weighted by molar-refractivity contribution is -0.120. The van der Waals surface area contributed by atoms with Gasteiger partial charge < -0.3 is 10.4 Å². The molecule has 0 saturated carbocycles. The Morgan fingerprint density at radius 3 is 2.75 bits per heavy atom. The fourth-order valence-electron chi connectivity index (χ4n) is 0.866. The maximum atomic E-state index is 11.4. The molecule has 5 heteroatoms. The van der Waals surface area contributed by atoms with Crippen LogP contribution in [0, 0.1) is 0 Å². The Morgan fingerprint density at radius 2 is 2.25 bits per heavy atom. The number of rotatable bonds is 3. The molecule has 1 heterocycles. The Bertz CT molecular complexity index is 159. The molecule has 1 rings (SSSR count). The first-order valence-electron chi connectivity index (χ1n) is 3.88. The molecule has 1 atom stereocenters. The summed E-state index contributed by atoms with van der Waals surface area (Å²) >= 11 is 3.34. The van der Waals surface area contributed by atoms with E-state index in [1.807, 2.05) is 0 Å². The molecule has 2 N–H and O–H groups in total. The molecule has 0 unspecified atom stereocenters. The van der Waals surface area contributed by atoms with E-state index < -0.39 is 0 Å². The van der Waals surface area contributed by atoms with Crippen LogP contribution in [0.15, 0.2) is 0 Å². The van der Waals surface area contributed by atoms with Crippen LogP contribution in [0.5, 0.6) is 0 Å². The fourth-order valence-corrected chi connectivity index (χ4v) is 3.47. The van der Waals surface area contributed by atoms with Crippen LogP contribution in [0.25, 0.3) is 0 Å². The number of carbonyl (C=O) groups excluding carboxylic acids is 1. The third-order valence-corrected chi connectivity index (χ3v) is 4.49. The van der Waals surface area contributed by atoms with Crippen molar-refractivity contribution in [2.24, 2.45) is 0 Å². The van der Waals surface area contributed by atoms with Crippen molar-refractivity contribution >= 4 is 29.4 Å². The lowest BCUT2D eigenvalue weighted by Gasteiger charge is -2.13. The summed E-state index contributed by atoms with van der Waals surface area (Å²) in [4.78, 5) is 11.4. The zero-order valence-corrected chi connectivity index (χ0v) is 8.58. The van der Waals surface area contributed by atoms with E-state index >= 15 is 0 Å². The van der Waals surface area contributed by atoms with Gasteiger partial charge in [-0.2, -0.15) is 0 Å². The molecule has 1 aliphatic rings. The van der Waals surface area contributed by atoms with Gasteiger partial charge in [0, 0.05) is 17.5 Å². The largest absolute Gasteiger partial charge is 0.394 e. The molecular formula is C7H13NO2S2. The summed E-state index contributed by atoms with van der Waals surface area (Å²) in [5.41, 5.74) is 0. The summed E-state index contributed by atoms with van der Waals surface area (Å²) in [6.07, 6.45) is 0. The monoisotopic (exact) mass is 207 g/mol. The van der Waals surface area contributed by atoms with Crippen LogP contribution in [0.3, 0.4) is 0 Å². The third-order valence-electron chi connectivity index (χ3n) is 1.50. The van der Waals surface area contributed by atoms with Gasteiger partial charge in [-0.15, -0.1) is 23.5 Å². The van der Waals surface area contributed by atoms with Crippen molar-refractivity contribution in [3.05, 3.63) is 0 Å². The maximum Gasteiger partial charge on any atom is 0.243 e. The number of carbonyl (C=O) groups is 1. The van der Waals surface area contributed by atoms with Crippen LogP contribution in [-0.4, -0.2) is 39.8 Å². The molecule has 12 heavy (non-hydrogen) atoms. The van der Waals surface area contributed by atoms with Gasteiger partial charge in [0.1, 0.15) is 4.58 Å². The highest BCUT2D eigenvalue weighted by Gasteiger charge is 2.24. The van der Waals surface area contributed by atoms with Gasteiger partial charge in [-0.25, -0.2) is 0 Å². The smallest absolute Gasteiger partial charge is 0.243 e. The quantitative estimate of drug-likeness (QED) is 0.698. The Balaban J connectivity index is 2.27. The molecule has 0 radical (unpaired) electrons. The second-order valence-electron chi connectivity index (χ2n) is 2.67. The Labute approximate surface area is 80.7 Å². The van der Waals surface area contributed by atoms with Crippen molar-refractivity contribution in [3.8, 4) is 0 Å². The molecule has 0 aromatic carbocycles. The van der Waals surface area contributed by atoms with Crippen molar-refractivity contribution in [3.63, 3.8) is 0 Å². The van der Waals surface area contributed by atoms with E-state index in [2.05, 4.69) is 5.32 Å². The number of thioether (sulfide) groups is 2. The van der Waals surface area contributed by atoms with Gasteiger partial charge in [-0.05, 0) is 6.92 Å². The molecule has 0 aromatic rings. The van der Waals surface area contributed by atoms with Crippen molar-refractivity contribution in [2.75, 3.05) is 18.1 Å². The van der Waals surface area contributed by atoms with Gasteiger partial charge in [0.25, 0.3) is 0 Å². The first kappa shape index (κ1) is 10.2. The summed E-state index contributed by atoms with van der Waals surface area (Å²) < 4.78 is 0.0407. The van der Waals surface area contributed by atoms with Crippen LogP contribution >= 0.6 is 23.5 Å². The van der Waals surface area contributed by atoms with Gasteiger partial charge >= 0.3 is 0 Å². The second-order valence-corrected chi connectivity index (χ2v) is 5.39.